The Hall–Kier alpha value is -0.370. The first kappa shape index (κ1) is 3.81. The molecule has 1 rings (SSSR count). The third-order valence-corrected chi connectivity index (χ3v) is 0.773. The van der Waals surface area contributed by atoms with Crippen molar-refractivity contribution in [3.63, 3.8) is 0 Å². The number of ketones is 1. The third kappa shape index (κ3) is 0.571. The van der Waals surface area contributed by atoms with Gasteiger partial charge in [-0.05, 0) is 0 Å². The lowest BCUT2D eigenvalue weighted by Gasteiger charge is -1.75. The molecule has 1 fully saturated rings. The second kappa shape index (κ2) is 1.39. The summed E-state index contributed by atoms with van der Waals surface area (Å²) in [5.41, 5.74) is 0. The van der Waals surface area contributed by atoms with Crippen molar-refractivity contribution in [3.05, 3.63) is 6.42 Å². The van der Waals surface area contributed by atoms with E-state index >= 15 is 0 Å². The van der Waals surface area contributed by atoms with Gasteiger partial charge >= 0.3 is 0 Å². The van der Waals surface area contributed by atoms with Gasteiger partial charge < -0.3 is 5.32 Å². The molecule has 1 aliphatic rings. The third-order valence-electron chi connectivity index (χ3n) is 0.773. The normalized spacial score (nSPS) is 22.3. The van der Waals surface area contributed by atoms with Crippen LogP contribution in [0.1, 0.15) is 0 Å². The van der Waals surface area contributed by atoms with Gasteiger partial charge in [0.1, 0.15) is 0 Å². The molecule has 0 saturated carbocycles. The van der Waals surface area contributed by atoms with Crippen molar-refractivity contribution < 1.29 is 4.79 Å². The van der Waals surface area contributed by atoms with Crippen LogP contribution >= 0.6 is 0 Å². The van der Waals surface area contributed by atoms with Gasteiger partial charge in [0.15, 0.2) is 5.78 Å². The minimum atomic E-state index is 0.218. The first-order valence-electron chi connectivity index (χ1n) is 1.96. The molecular formula is C4H6NO. The van der Waals surface area contributed by atoms with Crippen molar-refractivity contribution >= 4 is 5.78 Å². The summed E-state index contributed by atoms with van der Waals surface area (Å²) in [6.07, 6.45) is 1.65. The standard InChI is InChI=1S/C4H6NO/c6-4-1-2-5-3-4/h1,5H,2-3H2. The maximum Gasteiger partial charge on any atom is 0.151 e. The SMILES string of the molecule is O=C1[CH]CNC1. The molecule has 0 aromatic rings. The predicted octanol–water partition coefficient (Wildman–Crippen LogP) is -0.637. The zero-order valence-corrected chi connectivity index (χ0v) is 3.40. The molecule has 1 heterocycles. The van der Waals surface area contributed by atoms with Crippen LogP contribution in [0.2, 0.25) is 0 Å². The fraction of sp³-hybridized carbons (Fsp3) is 0.500. The Labute approximate surface area is 36.5 Å². The lowest BCUT2D eigenvalue weighted by Crippen LogP contribution is -2.07. The van der Waals surface area contributed by atoms with Crippen LogP contribution in [0.15, 0.2) is 0 Å². The van der Waals surface area contributed by atoms with Crippen LogP contribution < -0.4 is 5.32 Å². The molecule has 6 heavy (non-hydrogen) atoms. The van der Waals surface area contributed by atoms with Crippen LogP contribution in [0, 0.1) is 6.42 Å². The molecular weight excluding hydrogens is 78.0 g/mol. The van der Waals surface area contributed by atoms with Gasteiger partial charge in [0.05, 0.1) is 6.54 Å². The zero-order valence-electron chi connectivity index (χ0n) is 3.40. The second-order valence-corrected chi connectivity index (χ2v) is 1.30. The number of rotatable bonds is 0. The summed E-state index contributed by atoms with van der Waals surface area (Å²) in [4.78, 5) is 10.1. The van der Waals surface area contributed by atoms with E-state index in [4.69, 9.17) is 0 Å². The molecule has 0 atom stereocenters. The average Bonchev–Trinajstić information content (AvgIpc) is 1.86. The molecule has 2 heteroatoms. The van der Waals surface area contributed by atoms with Gasteiger partial charge in [-0.25, -0.2) is 0 Å². The van der Waals surface area contributed by atoms with Crippen LogP contribution in [0.5, 0.6) is 0 Å². The maximum atomic E-state index is 10.1. The van der Waals surface area contributed by atoms with Crippen LogP contribution in [-0.4, -0.2) is 18.9 Å². The van der Waals surface area contributed by atoms with E-state index < -0.39 is 0 Å². The Balaban J connectivity index is 2.37. The van der Waals surface area contributed by atoms with Crippen molar-refractivity contribution in [1.82, 2.24) is 5.32 Å². The summed E-state index contributed by atoms with van der Waals surface area (Å²) < 4.78 is 0. The summed E-state index contributed by atoms with van der Waals surface area (Å²) in [7, 11) is 0. The summed E-state index contributed by atoms with van der Waals surface area (Å²) in [6.45, 7) is 1.30. The lowest BCUT2D eigenvalue weighted by molar-refractivity contribution is -0.113. The van der Waals surface area contributed by atoms with Gasteiger partial charge in [0.2, 0.25) is 0 Å². The van der Waals surface area contributed by atoms with E-state index in [1.165, 1.54) is 0 Å². The van der Waals surface area contributed by atoms with E-state index in [0.717, 1.165) is 6.54 Å². The smallest absolute Gasteiger partial charge is 0.151 e. The molecule has 1 saturated heterocycles. The van der Waals surface area contributed by atoms with Gasteiger partial charge in [-0.1, -0.05) is 0 Å². The molecule has 0 unspecified atom stereocenters. The fourth-order valence-electron chi connectivity index (χ4n) is 0.454. The van der Waals surface area contributed by atoms with Gasteiger partial charge in [-0.15, -0.1) is 0 Å². The van der Waals surface area contributed by atoms with Gasteiger partial charge in [-0.2, -0.15) is 0 Å². The highest BCUT2D eigenvalue weighted by Gasteiger charge is 2.06. The number of hydrogen-bond acceptors (Lipinski definition) is 2. The first-order valence-corrected chi connectivity index (χ1v) is 1.96. The topological polar surface area (TPSA) is 29.1 Å². The number of hydrogen-bond donors (Lipinski definition) is 1. The Kier molecular flexibility index (Phi) is 0.881. The summed E-state index contributed by atoms with van der Waals surface area (Å²) in [6, 6.07) is 0. The largest absolute Gasteiger partial charge is 0.309 e. The van der Waals surface area contributed by atoms with E-state index in [2.05, 4.69) is 5.32 Å². The summed E-state index contributed by atoms with van der Waals surface area (Å²) >= 11 is 0. The molecule has 0 aliphatic carbocycles. The van der Waals surface area contributed by atoms with E-state index in [0.29, 0.717) is 6.54 Å². The highest BCUT2D eigenvalue weighted by molar-refractivity contribution is 5.90. The van der Waals surface area contributed by atoms with Crippen molar-refractivity contribution in [2.24, 2.45) is 0 Å². The zero-order chi connectivity index (χ0) is 4.41. The van der Waals surface area contributed by atoms with E-state index in [1.54, 1.807) is 6.42 Å². The molecule has 2 nitrogen and oxygen atoms in total. The highest BCUT2D eigenvalue weighted by Crippen LogP contribution is 1.83. The van der Waals surface area contributed by atoms with Gasteiger partial charge in [0.25, 0.3) is 0 Å². The Bertz CT molecular complexity index is 61.9. The molecule has 1 N–H and O–H groups in total. The minimum absolute atomic E-state index is 0.218. The number of Topliss-reactive ketones (excluding diaryl/α,β-unsaturated/α-hetero) is 1. The van der Waals surface area contributed by atoms with Crippen molar-refractivity contribution in [1.29, 1.82) is 0 Å². The molecule has 0 spiro atoms. The van der Waals surface area contributed by atoms with E-state index in [-0.39, 0.29) is 5.78 Å². The Morgan fingerprint density at radius 3 is 2.83 bits per heavy atom. The maximum absolute atomic E-state index is 10.1. The molecule has 1 aliphatic heterocycles. The number of carbonyl (C=O) groups is 1. The first-order chi connectivity index (χ1) is 2.89. The molecule has 33 valence electrons. The predicted molar refractivity (Wildman–Crippen MR) is 22.2 cm³/mol. The fourth-order valence-corrected chi connectivity index (χ4v) is 0.454. The molecule has 0 aromatic heterocycles. The average molecular weight is 84.1 g/mol. The van der Waals surface area contributed by atoms with Gasteiger partial charge in [-0.3, -0.25) is 4.79 Å². The van der Waals surface area contributed by atoms with Crippen molar-refractivity contribution in [2.75, 3.05) is 13.1 Å². The molecule has 1 radical (unpaired) electrons. The summed E-state index contributed by atoms with van der Waals surface area (Å²) in [5.74, 6) is 0.218. The van der Waals surface area contributed by atoms with Crippen LogP contribution in [0.4, 0.5) is 0 Å². The van der Waals surface area contributed by atoms with Crippen molar-refractivity contribution in [3.8, 4) is 0 Å². The van der Waals surface area contributed by atoms with Crippen LogP contribution in [0.3, 0.4) is 0 Å². The number of carbonyl (C=O) groups excluding carboxylic acids is 1. The monoisotopic (exact) mass is 84.0 g/mol. The highest BCUT2D eigenvalue weighted by atomic mass is 16.1. The second-order valence-electron chi connectivity index (χ2n) is 1.30. The molecule has 0 aromatic carbocycles. The molecule has 0 amide bonds. The van der Waals surface area contributed by atoms with Crippen LogP contribution in [-0.2, 0) is 4.79 Å². The minimum Gasteiger partial charge on any atom is -0.309 e. The Morgan fingerprint density at radius 2 is 2.67 bits per heavy atom. The molecule has 0 bridgehead atoms. The van der Waals surface area contributed by atoms with Crippen molar-refractivity contribution in [2.45, 2.75) is 0 Å². The van der Waals surface area contributed by atoms with E-state index in [1.807, 2.05) is 0 Å². The summed E-state index contributed by atoms with van der Waals surface area (Å²) in [5, 5.41) is 2.87. The number of nitrogens with one attached hydrogen (secondary N) is 1. The quantitative estimate of drug-likeness (QED) is 0.423. The van der Waals surface area contributed by atoms with Gasteiger partial charge in [0, 0.05) is 13.0 Å². The van der Waals surface area contributed by atoms with Crippen LogP contribution in [0.25, 0.3) is 0 Å². The lowest BCUT2D eigenvalue weighted by atomic mass is 10.4. The van der Waals surface area contributed by atoms with E-state index in [9.17, 15) is 4.79 Å². The Morgan fingerprint density at radius 1 is 1.83 bits per heavy atom.